The third-order valence-electron chi connectivity index (χ3n) is 4.99. The summed E-state index contributed by atoms with van der Waals surface area (Å²) >= 11 is -0.944. The summed E-state index contributed by atoms with van der Waals surface area (Å²) < 4.78 is 8.76. The molecule has 0 atom stereocenters. The maximum atomic E-state index is 11.0. The van der Waals surface area contributed by atoms with Crippen molar-refractivity contribution in [3.8, 4) is 0 Å². The zero-order chi connectivity index (χ0) is 37.8. The van der Waals surface area contributed by atoms with Crippen molar-refractivity contribution in [2.24, 2.45) is 0 Å². The minimum Gasteiger partial charge on any atom is -0.693 e. The quantitative estimate of drug-likeness (QED) is 0.130. The van der Waals surface area contributed by atoms with Gasteiger partial charge in [0.05, 0.1) is 52.4 Å². The van der Waals surface area contributed by atoms with Crippen molar-refractivity contribution in [3.63, 3.8) is 0 Å². The van der Waals surface area contributed by atoms with Crippen molar-refractivity contribution >= 4 is 85.4 Å². The number of carboxylic acids is 4. The van der Waals surface area contributed by atoms with Gasteiger partial charge < -0.3 is 70.4 Å². The summed E-state index contributed by atoms with van der Waals surface area (Å²) in [7, 11) is 24.6. The van der Waals surface area contributed by atoms with Crippen molar-refractivity contribution < 1.29 is 112 Å². The van der Waals surface area contributed by atoms with Crippen molar-refractivity contribution in [2.75, 3.05) is 99.7 Å². The summed E-state index contributed by atoms with van der Waals surface area (Å²) in [5.74, 6) is -6.40. The van der Waals surface area contributed by atoms with E-state index in [4.69, 9.17) is 58.1 Å². The number of hydrogen-bond acceptors (Lipinski definition) is 15. The van der Waals surface area contributed by atoms with Gasteiger partial charge in [-0.2, -0.15) is 0 Å². The van der Waals surface area contributed by atoms with E-state index < -0.39 is 80.7 Å². The molecule has 16 N–H and O–H groups in total. The second kappa shape index (κ2) is 45.6. The molecular formula is C23H49Cl4N9O16Pt2. The minimum atomic E-state index is -1.02. The Kier molecular flexibility index (Phi) is 62.0. The van der Waals surface area contributed by atoms with E-state index in [-0.39, 0.29) is 87.9 Å². The van der Waals surface area contributed by atoms with Gasteiger partial charge in [0, 0.05) is 26.2 Å². The smallest absolute Gasteiger partial charge is 0.693 e. The van der Waals surface area contributed by atoms with Gasteiger partial charge in [-0.05, 0) is 21.1 Å². The van der Waals surface area contributed by atoms with E-state index in [9.17, 15) is 38.4 Å². The van der Waals surface area contributed by atoms with Gasteiger partial charge in [-0.15, -0.1) is 0 Å². The number of likely N-dealkylation sites (N-methyl/N-ethyl adjacent to an activating group) is 2. The maximum absolute atomic E-state index is 11.0. The van der Waals surface area contributed by atoms with Crippen molar-refractivity contribution in [2.45, 2.75) is 0 Å². The summed E-state index contributed by atoms with van der Waals surface area (Å²) in [6.45, 7) is 1.08. The predicted octanol–water partition coefficient (Wildman–Crippen LogP) is -0.164. The first-order valence-corrected chi connectivity index (χ1v) is 24.0. The molecule has 0 aromatic rings. The molecule has 2 rings (SSSR count). The van der Waals surface area contributed by atoms with Gasteiger partial charge in [0.15, 0.2) is 0 Å². The molecule has 0 unspecified atom stereocenters. The molecule has 0 aliphatic carbocycles. The molecule has 2 heterocycles. The molecule has 330 valence electrons. The molecule has 0 spiro atoms. The molecule has 0 aromatic heterocycles. The second-order valence-electron chi connectivity index (χ2n) is 9.46. The number of morpholine rings is 2. The molecule has 54 heavy (non-hydrogen) atoms. The van der Waals surface area contributed by atoms with Gasteiger partial charge in [-0.3, -0.25) is 58.0 Å². The zero-order valence-corrected chi connectivity index (χ0v) is 36.6. The van der Waals surface area contributed by atoms with Crippen LogP contribution in [-0.4, -0.2) is 203 Å². The largest absolute Gasteiger partial charge is 0.693 e. The number of hydrogen-bond donors (Lipinski definition) is 4. The number of rotatable bonds is 14. The van der Waals surface area contributed by atoms with E-state index in [1.54, 1.807) is 9.80 Å². The van der Waals surface area contributed by atoms with Gasteiger partial charge in [0.25, 0.3) is 0 Å². The van der Waals surface area contributed by atoms with Crippen LogP contribution in [0.15, 0.2) is 0 Å². The topological polar surface area (TPSA) is 449 Å². The third kappa shape index (κ3) is 52.4. The Morgan fingerprint density at radius 3 is 1.02 bits per heavy atom. The maximum Gasteiger partial charge on any atom is -0.693 e. The number of cyclic esters (lactones) is 4. The molecule has 2 fully saturated rings. The summed E-state index contributed by atoms with van der Waals surface area (Å²) in [5, 5.41) is 33.4. The average Bonchev–Trinajstić information content (AvgIpc) is 2.90. The summed E-state index contributed by atoms with van der Waals surface area (Å²) in [4.78, 5) is 92.4. The third-order valence-corrected chi connectivity index (χ3v) is 4.99. The van der Waals surface area contributed by atoms with Crippen LogP contribution in [0.4, 0.5) is 0 Å². The predicted molar refractivity (Wildman–Crippen MR) is 190 cm³/mol. The van der Waals surface area contributed by atoms with Crippen LogP contribution in [-0.2, 0) is 80.8 Å². The molecule has 2 aliphatic heterocycles. The van der Waals surface area contributed by atoms with Crippen LogP contribution in [0.3, 0.4) is 0 Å². The first-order chi connectivity index (χ1) is 22.3. The Morgan fingerprint density at radius 1 is 0.574 bits per heavy atom. The average molecular weight is 1240 g/mol. The first kappa shape index (κ1) is 73.4. The summed E-state index contributed by atoms with van der Waals surface area (Å²) in [6.07, 6.45) is 0. The minimum absolute atomic E-state index is 0. The second-order valence-corrected chi connectivity index (χ2v) is 16.0. The van der Waals surface area contributed by atoms with Crippen LogP contribution in [0.25, 0.3) is 24.6 Å². The molecule has 25 nitrogen and oxygen atoms in total. The van der Waals surface area contributed by atoms with Gasteiger partial charge in [-0.25, -0.2) is 0 Å². The van der Waals surface area contributed by atoms with E-state index in [2.05, 4.69) is 9.47 Å². The Hall–Kier alpha value is -1.74. The van der Waals surface area contributed by atoms with Crippen molar-refractivity contribution in [1.29, 1.82) is 0 Å². The molecule has 31 heteroatoms. The SMILES string of the molecule is CN(C)CCN(CC(=O)O)CC(=O)O.CN(CC(=O)O)CC(=O)O.O.O.O=C1CN(CCN2CC(=O)OC(=O)C2)CC(=O)O1.[Cl][Pt+2][Cl].[Cl][Pt+2][Cl].[NH2-].[NH2-].[NH2-].[NH2-]. The molecule has 0 radical (unpaired) electrons. The van der Waals surface area contributed by atoms with Crippen LogP contribution < -0.4 is 0 Å². The molecule has 2 saturated heterocycles. The van der Waals surface area contributed by atoms with Crippen LogP contribution in [0.2, 0.25) is 0 Å². The Morgan fingerprint density at radius 2 is 0.815 bits per heavy atom. The fraction of sp³-hybridized carbons (Fsp3) is 0.652. The zero-order valence-electron chi connectivity index (χ0n) is 29.0. The number of nitrogens with zero attached hydrogens (tertiary/aromatic N) is 5. The van der Waals surface area contributed by atoms with Gasteiger partial charge in [0.2, 0.25) is 0 Å². The van der Waals surface area contributed by atoms with Gasteiger partial charge >= 0.3 is 118 Å². The fourth-order valence-electron chi connectivity index (χ4n) is 3.28. The number of aliphatic carboxylic acids is 4. The summed E-state index contributed by atoms with van der Waals surface area (Å²) in [5.41, 5.74) is 0. The molecular weight excluding hydrogens is 1190 g/mol. The van der Waals surface area contributed by atoms with Crippen LogP contribution in [0, 0.1) is 0 Å². The normalized spacial score (nSPS) is 13.1. The van der Waals surface area contributed by atoms with Crippen molar-refractivity contribution in [1.82, 2.24) is 24.5 Å². The number of carbonyl (C=O) groups is 8. The number of halogens is 4. The van der Waals surface area contributed by atoms with Crippen LogP contribution in [0.5, 0.6) is 0 Å². The summed E-state index contributed by atoms with van der Waals surface area (Å²) in [6, 6.07) is 0. The molecule has 0 saturated carbocycles. The van der Waals surface area contributed by atoms with E-state index >= 15 is 0 Å². The number of carboxylic acid groups (broad SMARTS) is 4. The van der Waals surface area contributed by atoms with Gasteiger partial charge in [0.1, 0.15) is 0 Å². The van der Waals surface area contributed by atoms with Crippen LogP contribution in [0.1, 0.15) is 0 Å². The van der Waals surface area contributed by atoms with E-state index in [1.165, 1.54) is 16.8 Å². The molecule has 0 bridgehead atoms. The Bertz CT molecular complexity index is 962. The Balaban J connectivity index is -0.0000000730. The number of nitrogens with two attached hydrogens (primary N) is 4. The number of ether oxygens (including phenoxy) is 2. The van der Waals surface area contributed by atoms with Gasteiger partial charge in [-0.1, -0.05) is 0 Å². The molecule has 2 aliphatic rings. The van der Waals surface area contributed by atoms with Crippen molar-refractivity contribution in [3.05, 3.63) is 24.6 Å². The van der Waals surface area contributed by atoms with Crippen LogP contribution >= 0.6 is 37.7 Å². The fourth-order valence-corrected chi connectivity index (χ4v) is 3.28. The first-order valence-electron chi connectivity index (χ1n) is 12.8. The van der Waals surface area contributed by atoms with E-state index in [0.717, 1.165) is 0 Å². The Labute approximate surface area is 344 Å². The standard InChI is InChI=1S/C10H12N2O6.C8H16N2O4.C5H9NO4.4ClH.4H2N.2H2O.2Pt/c13-7-3-11(4-8(14)17-7)1-2-12-5-9(15)18-10(16)6-12;1-9(2)3-4-10(5-7(11)12)6-8(13)14;1-6(2-4(7)8)3-5(9)10;;;;;;;;;;;;/h1-6H2;3-6H2,1-2H3,(H,11,12)(H,13,14);2-3H2,1H3,(H,7,8)(H,9,10);4*1H;6*1H2;;/q;;;;;;;4*-1;;;2*+4/p-4. The van der Waals surface area contributed by atoms with E-state index in [0.29, 0.717) is 26.2 Å². The monoisotopic (exact) mass is 1240 g/mol. The van der Waals surface area contributed by atoms with E-state index in [1.807, 2.05) is 19.0 Å². The molecule has 0 amide bonds. The molecule has 0 aromatic carbocycles. The number of esters is 4. The number of carbonyl (C=O) groups excluding carboxylic acids is 4.